The second-order valence-corrected chi connectivity index (χ2v) is 6.21. The number of nitrogens with zero attached hydrogens (tertiary/aromatic N) is 4. The number of hydrogen-bond donors (Lipinski definition) is 1. The van der Waals surface area contributed by atoms with Crippen LogP contribution in [0.4, 0.5) is 5.82 Å². The van der Waals surface area contributed by atoms with Gasteiger partial charge in [-0.25, -0.2) is 4.98 Å². The summed E-state index contributed by atoms with van der Waals surface area (Å²) in [5.41, 5.74) is 9.70. The zero-order valence-electron chi connectivity index (χ0n) is 14.1. The van der Waals surface area contributed by atoms with Crippen molar-refractivity contribution in [1.29, 1.82) is 0 Å². The molecule has 0 aliphatic carbocycles. The summed E-state index contributed by atoms with van der Waals surface area (Å²) < 4.78 is 6.87. The van der Waals surface area contributed by atoms with E-state index < -0.39 is 0 Å². The summed E-state index contributed by atoms with van der Waals surface area (Å²) in [6.45, 7) is 0.312. The maximum atomic E-state index is 6.44. The standard InChI is InChI=1S/C19H16ClN5O/c1-26-11-15-16(12-7-9-14(20)10-8-12)17(21)25-19(22-15)23-18(24-25)13-5-3-2-4-6-13/h2-10H,11,21H2,1H3. The summed E-state index contributed by atoms with van der Waals surface area (Å²) in [6, 6.07) is 17.1. The number of ether oxygens (including phenoxy) is 1. The first-order valence-electron chi connectivity index (χ1n) is 8.03. The van der Waals surface area contributed by atoms with Crippen LogP contribution in [0.15, 0.2) is 54.6 Å². The first kappa shape index (κ1) is 16.5. The number of methoxy groups -OCH3 is 1. The minimum absolute atomic E-state index is 0.312. The molecule has 4 aromatic rings. The van der Waals surface area contributed by atoms with Crippen LogP contribution in [-0.4, -0.2) is 26.7 Å². The molecule has 0 radical (unpaired) electrons. The van der Waals surface area contributed by atoms with Crippen molar-refractivity contribution in [3.05, 3.63) is 65.3 Å². The van der Waals surface area contributed by atoms with Gasteiger partial charge in [0.25, 0.3) is 5.78 Å². The molecular weight excluding hydrogens is 350 g/mol. The molecule has 0 aliphatic heterocycles. The maximum Gasteiger partial charge on any atom is 0.255 e. The molecule has 6 nitrogen and oxygen atoms in total. The highest BCUT2D eigenvalue weighted by Gasteiger charge is 2.18. The van der Waals surface area contributed by atoms with Gasteiger partial charge in [0.15, 0.2) is 5.82 Å². The van der Waals surface area contributed by atoms with E-state index in [9.17, 15) is 0 Å². The number of anilines is 1. The van der Waals surface area contributed by atoms with E-state index in [4.69, 9.17) is 22.1 Å². The quantitative estimate of drug-likeness (QED) is 0.594. The molecule has 0 saturated carbocycles. The zero-order valence-corrected chi connectivity index (χ0v) is 14.8. The first-order valence-corrected chi connectivity index (χ1v) is 8.40. The number of fused-ring (bicyclic) bond motifs is 1. The Morgan fingerprint density at radius 1 is 1.00 bits per heavy atom. The van der Waals surface area contributed by atoms with E-state index in [0.29, 0.717) is 34.7 Å². The lowest BCUT2D eigenvalue weighted by Gasteiger charge is -2.12. The second kappa shape index (κ2) is 6.74. The number of rotatable bonds is 4. The van der Waals surface area contributed by atoms with E-state index in [0.717, 1.165) is 16.7 Å². The predicted molar refractivity (Wildman–Crippen MR) is 102 cm³/mol. The maximum absolute atomic E-state index is 6.44. The van der Waals surface area contributed by atoms with Gasteiger partial charge in [-0.2, -0.15) is 9.50 Å². The van der Waals surface area contributed by atoms with Gasteiger partial charge in [-0.15, -0.1) is 5.10 Å². The summed E-state index contributed by atoms with van der Waals surface area (Å²) >= 11 is 6.01. The molecule has 0 bridgehead atoms. The lowest BCUT2D eigenvalue weighted by molar-refractivity contribution is 0.182. The molecule has 0 atom stereocenters. The van der Waals surface area contributed by atoms with Gasteiger partial charge < -0.3 is 10.5 Å². The van der Waals surface area contributed by atoms with Gasteiger partial charge in [0.2, 0.25) is 0 Å². The van der Waals surface area contributed by atoms with Gasteiger partial charge in [-0.3, -0.25) is 0 Å². The van der Waals surface area contributed by atoms with Gasteiger partial charge >= 0.3 is 0 Å². The fourth-order valence-electron chi connectivity index (χ4n) is 2.85. The van der Waals surface area contributed by atoms with Crippen LogP contribution in [-0.2, 0) is 11.3 Å². The van der Waals surface area contributed by atoms with E-state index in [2.05, 4.69) is 15.1 Å². The molecule has 2 aromatic carbocycles. The van der Waals surface area contributed by atoms with Crippen LogP contribution in [0.5, 0.6) is 0 Å². The summed E-state index contributed by atoms with van der Waals surface area (Å²) in [4.78, 5) is 9.14. The smallest absolute Gasteiger partial charge is 0.255 e. The molecule has 0 amide bonds. The van der Waals surface area contributed by atoms with Crippen LogP contribution in [0.2, 0.25) is 5.02 Å². The average molecular weight is 366 g/mol. The topological polar surface area (TPSA) is 78.3 Å². The van der Waals surface area contributed by atoms with Gasteiger partial charge in [0.05, 0.1) is 12.3 Å². The lowest BCUT2D eigenvalue weighted by Crippen LogP contribution is -2.08. The summed E-state index contributed by atoms with van der Waals surface area (Å²) in [5.74, 6) is 1.46. The van der Waals surface area contributed by atoms with Gasteiger partial charge in [-0.05, 0) is 17.7 Å². The van der Waals surface area contributed by atoms with Crippen LogP contribution in [0, 0.1) is 0 Å². The summed E-state index contributed by atoms with van der Waals surface area (Å²) in [7, 11) is 1.62. The molecular formula is C19H16ClN5O. The Bertz CT molecular complexity index is 1060. The molecule has 0 spiro atoms. The highest BCUT2D eigenvalue weighted by molar-refractivity contribution is 6.30. The highest BCUT2D eigenvalue weighted by atomic mass is 35.5. The van der Waals surface area contributed by atoms with E-state index in [1.165, 1.54) is 0 Å². The van der Waals surface area contributed by atoms with Crippen LogP contribution in [0.25, 0.3) is 28.3 Å². The van der Waals surface area contributed by atoms with Crippen molar-refractivity contribution in [2.75, 3.05) is 12.8 Å². The highest BCUT2D eigenvalue weighted by Crippen LogP contribution is 2.31. The van der Waals surface area contributed by atoms with Crippen molar-refractivity contribution in [2.45, 2.75) is 6.61 Å². The minimum atomic E-state index is 0.312. The van der Waals surface area contributed by atoms with Gasteiger partial charge in [-0.1, -0.05) is 54.1 Å². The SMILES string of the molecule is COCc1nc2nc(-c3ccccc3)nn2c(N)c1-c1ccc(Cl)cc1. The number of nitrogen functional groups attached to an aromatic ring is 1. The fraction of sp³-hybridized carbons (Fsp3) is 0.105. The normalized spacial score (nSPS) is 11.2. The van der Waals surface area contributed by atoms with Crippen LogP contribution < -0.4 is 5.73 Å². The Hall–Kier alpha value is -2.96. The molecule has 0 saturated heterocycles. The molecule has 0 fully saturated rings. The van der Waals surface area contributed by atoms with E-state index >= 15 is 0 Å². The number of benzene rings is 2. The van der Waals surface area contributed by atoms with Crippen LogP contribution >= 0.6 is 11.6 Å². The molecule has 2 aromatic heterocycles. The Morgan fingerprint density at radius 2 is 1.73 bits per heavy atom. The molecule has 130 valence electrons. The molecule has 0 unspecified atom stereocenters. The molecule has 7 heteroatoms. The van der Waals surface area contributed by atoms with E-state index in [1.807, 2.05) is 54.6 Å². The van der Waals surface area contributed by atoms with E-state index in [1.54, 1.807) is 11.6 Å². The van der Waals surface area contributed by atoms with Crippen molar-refractivity contribution in [2.24, 2.45) is 0 Å². The van der Waals surface area contributed by atoms with Crippen molar-refractivity contribution >= 4 is 23.2 Å². The zero-order chi connectivity index (χ0) is 18.1. The molecule has 26 heavy (non-hydrogen) atoms. The lowest BCUT2D eigenvalue weighted by atomic mass is 10.0. The van der Waals surface area contributed by atoms with E-state index in [-0.39, 0.29) is 0 Å². The monoisotopic (exact) mass is 365 g/mol. The number of halogens is 1. The summed E-state index contributed by atoms with van der Waals surface area (Å²) in [6.07, 6.45) is 0. The molecule has 0 aliphatic rings. The molecule has 2 N–H and O–H groups in total. The largest absolute Gasteiger partial charge is 0.383 e. The Balaban J connectivity index is 1.94. The van der Waals surface area contributed by atoms with Crippen molar-refractivity contribution in [3.8, 4) is 22.5 Å². The Kier molecular flexibility index (Phi) is 4.28. The third-order valence-corrected chi connectivity index (χ3v) is 4.30. The van der Waals surface area contributed by atoms with Crippen molar-refractivity contribution in [3.63, 3.8) is 0 Å². The number of aromatic nitrogens is 4. The Morgan fingerprint density at radius 3 is 2.42 bits per heavy atom. The first-order chi connectivity index (χ1) is 12.7. The minimum Gasteiger partial charge on any atom is -0.383 e. The predicted octanol–water partition coefficient (Wildman–Crippen LogP) is 3.84. The number of nitrogens with two attached hydrogens (primary N) is 1. The van der Waals surface area contributed by atoms with Gasteiger partial charge in [0, 0.05) is 23.3 Å². The second-order valence-electron chi connectivity index (χ2n) is 5.77. The Labute approximate surface area is 155 Å². The third kappa shape index (κ3) is 2.89. The van der Waals surface area contributed by atoms with Crippen molar-refractivity contribution < 1.29 is 4.74 Å². The van der Waals surface area contributed by atoms with Gasteiger partial charge in [0.1, 0.15) is 5.82 Å². The fourth-order valence-corrected chi connectivity index (χ4v) is 2.98. The number of hydrogen-bond acceptors (Lipinski definition) is 5. The van der Waals surface area contributed by atoms with Crippen LogP contribution in [0.3, 0.4) is 0 Å². The molecule has 2 heterocycles. The third-order valence-electron chi connectivity index (χ3n) is 4.04. The van der Waals surface area contributed by atoms with Crippen LogP contribution in [0.1, 0.15) is 5.69 Å². The summed E-state index contributed by atoms with van der Waals surface area (Å²) in [5, 5.41) is 5.19. The van der Waals surface area contributed by atoms with Crippen molar-refractivity contribution in [1.82, 2.24) is 19.6 Å². The molecule has 4 rings (SSSR count). The average Bonchev–Trinajstić information content (AvgIpc) is 3.09.